The molecule has 94 valence electrons. The van der Waals surface area contributed by atoms with Crippen molar-refractivity contribution in [1.82, 2.24) is 0 Å². The van der Waals surface area contributed by atoms with Gasteiger partial charge in [0.15, 0.2) is 0 Å². The first kappa shape index (κ1) is 17.8. The maximum Gasteiger partial charge on any atom is -0.0188 e. The first-order chi connectivity index (χ1) is 8.29. The van der Waals surface area contributed by atoms with Gasteiger partial charge in [-0.1, -0.05) is 75.1 Å². The smallest absolute Gasteiger partial charge is 0.0188 e. The zero-order valence-electron chi connectivity index (χ0n) is 11.9. The first-order valence-electron chi connectivity index (χ1n) is 6.21. The van der Waals surface area contributed by atoms with Crippen LogP contribution in [0.4, 0.5) is 0 Å². The van der Waals surface area contributed by atoms with Crippen LogP contribution in [0.15, 0.2) is 72.4 Å². The minimum Gasteiger partial charge on any atom is -0.0990 e. The van der Waals surface area contributed by atoms with Gasteiger partial charge in [0.1, 0.15) is 0 Å². The van der Waals surface area contributed by atoms with Crippen LogP contribution < -0.4 is 0 Å². The molecule has 0 aliphatic rings. The Morgan fingerprint density at radius 2 is 1.24 bits per heavy atom. The van der Waals surface area contributed by atoms with E-state index in [1.165, 1.54) is 11.1 Å². The van der Waals surface area contributed by atoms with Crippen LogP contribution in [0.5, 0.6) is 0 Å². The van der Waals surface area contributed by atoms with Crippen LogP contribution in [-0.2, 0) is 0 Å². The van der Waals surface area contributed by atoms with Crippen LogP contribution >= 0.6 is 0 Å². The number of hydrogen-bond donors (Lipinski definition) is 0. The van der Waals surface area contributed by atoms with E-state index in [1.807, 2.05) is 71.1 Å². The van der Waals surface area contributed by atoms with Crippen LogP contribution in [0.2, 0.25) is 0 Å². The van der Waals surface area contributed by atoms with Crippen LogP contribution in [-0.4, -0.2) is 0 Å². The van der Waals surface area contributed by atoms with Gasteiger partial charge in [-0.15, -0.1) is 0 Å². The van der Waals surface area contributed by atoms with Crippen LogP contribution in [0.1, 0.15) is 34.6 Å². The summed E-state index contributed by atoms with van der Waals surface area (Å²) < 4.78 is 0. The van der Waals surface area contributed by atoms with Crippen LogP contribution in [0, 0.1) is 0 Å². The molecule has 0 aliphatic heterocycles. The van der Waals surface area contributed by atoms with Gasteiger partial charge in [0, 0.05) is 0 Å². The molecule has 0 nitrogen and oxygen atoms in total. The van der Waals surface area contributed by atoms with Gasteiger partial charge in [0.05, 0.1) is 0 Å². The number of allylic oxidation sites excluding steroid dienone is 11. The Labute approximate surface area is 107 Å². The molecule has 0 aliphatic carbocycles. The Bertz CT molecular complexity index is 320. The van der Waals surface area contributed by atoms with Crippen LogP contribution in [0.25, 0.3) is 0 Å². The van der Waals surface area contributed by atoms with Crippen molar-refractivity contribution in [3.63, 3.8) is 0 Å². The average molecular weight is 230 g/mol. The minimum atomic E-state index is 1.17. The van der Waals surface area contributed by atoms with Crippen molar-refractivity contribution in [3.8, 4) is 0 Å². The molecule has 0 bridgehead atoms. The van der Waals surface area contributed by atoms with Gasteiger partial charge < -0.3 is 0 Å². The molecule has 0 atom stereocenters. The third kappa shape index (κ3) is 9.37. The fourth-order valence-electron chi connectivity index (χ4n) is 1.18. The minimum absolute atomic E-state index is 1.17. The van der Waals surface area contributed by atoms with Crippen molar-refractivity contribution in [2.75, 3.05) is 0 Å². The van der Waals surface area contributed by atoms with Gasteiger partial charge >= 0.3 is 0 Å². The summed E-state index contributed by atoms with van der Waals surface area (Å²) in [6, 6.07) is 0. The monoisotopic (exact) mass is 230 g/mol. The van der Waals surface area contributed by atoms with Crippen molar-refractivity contribution >= 4 is 0 Å². The van der Waals surface area contributed by atoms with Gasteiger partial charge in [-0.3, -0.25) is 0 Å². The Balaban J connectivity index is 0. The Hall–Kier alpha value is -1.56. The fourth-order valence-corrected chi connectivity index (χ4v) is 1.18. The van der Waals surface area contributed by atoms with Crippen LogP contribution in [0.3, 0.4) is 0 Å². The highest BCUT2D eigenvalue weighted by Crippen LogP contribution is 2.14. The molecule has 0 radical (unpaired) electrons. The summed E-state index contributed by atoms with van der Waals surface area (Å²) in [4.78, 5) is 0. The van der Waals surface area contributed by atoms with Crippen molar-refractivity contribution in [2.24, 2.45) is 0 Å². The lowest BCUT2D eigenvalue weighted by molar-refractivity contribution is 1.50. The van der Waals surface area contributed by atoms with E-state index in [9.17, 15) is 0 Å². The second-order valence-electron chi connectivity index (χ2n) is 3.01. The fraction of sp³-hybridized carbons (Fsp3) is 0.294. The lowest BCUT2D eigenvalue weighted by Crippen LogP contribution is -1.82. The molecule has 0 fully saturated rings. The molecule has 0 unspecified atom stereocenters. The molecule has 0 aromatic heterocycles. The zero-order valence-corrected chi connectivity index (χ0v) is 11.9. The highest BCUT2D eigenvalue weighted by molar-refractivity contribution is 5.49. The third-order valence-electron chi connectivity index (χ3n) is 1.79. The molecule has 0 heterocycles. The summed E-state index contributed by atoms with van der Waals surface area (Å²) in [5.41, 5.74) is 2.36. The predicted molar refractivity (Wildman–Crippen MR) is 82.2 cm³/mol. The Morgan fingerprint density at radius 1 is 0.765 bits per heavy atom. The van der Waals surface area contributed by atoms with Gasteiger partial charge in [0.2, 0.25) is 0 Å². The summed E-state index contributed by atoms with van der Waals surface area (Å²) in [6.45, 7) is 13.8. The van der Waals surface area contributed by atoms with Crippen molar-refractivity contribution in [1.29, 1.82) is 0 Å². The second kappa shape index (κ2) is 14.4. The topological polar surface area (TPSA) is 0 Å². The summed E-state index contributed by atoms with van der Waals surface area (Å²) in [6.07, 6.45) is 18.2. The normalized spacial score (nSPS) is 13.2. The van der Waals surface area contributed by atoms with E-state index in [0.29, 0.717) is 0 Å². The molecule has 0 rings (SSSR count). The quantitative estimate of drug-likeness (QED) is 0.525. The molecule has 0 saturated carbocycles. The van der Waals surface area contributed by atoms with E-state index >= 15 is 0 Å². The van der Waals surface area contributed by atoms with Gasteiger partial charge in [-0.2, -0.15) is 0 Å². The number of rotatable bonds is 5. The standard InChI is InChI=1S/C15H20.C2H6/c1-5-9-13-15(12-8-4)14(10-6-2)11-7-3;1-2/h5-13H,2H2,1,3-4H3;1-2H3/b9-5-,11-7-,12-8-,14-10-,15-13-;. The lowest BCUT2D eigenvalue weighted by Gasteiger charge is -2.01. The molecule has 0 aromatic rings. The summed E-state index contributed by atoms with van der Waals surface area (Å²) in [5, 5.41) is 0. The van der Waals surface area contributed by atoms with Gasteiger partial charge in [-0.25, -0.2) is 0 Å². The van der Waals surface area contributed by atoms with Crippen molar-refractivity contribution in [2.45, 2.75) is 34.6 Å². The summed E-state index contributed by atoms with van der Waals surface area (Å²) in [5.74, 6) is 0. The third-order valence-corrected chi connectivity index (χ3v) is 1.79. The molecule has 0 spiro atoms. The maximum absolute atomic E-state index is 3.73. The molecular weight excluding hydrogens is 204 g/mol. The molecule has 0 heteroatoms. The second-order valence-corrected chi connectivity index (χ2v) is 3.01. The highest BCUT2D eigenvalue weighted by atomic mass is 14.0. The van der Waals surface area contributed by atoms with E-state index in [2.05, 4.69) is 24.8 Å². The lowest BCUT2D eigenvalue weighted by atomic mass is 10.0. The van der Waals surface area contributed by atoms with E-state index in [-0.39, 0.29) is 0 Å². The predicted octanol–water partition coefficient (Wildman–Crippen LogP) is 5.78. The molecule has 0 amide bonds. The maximum atomic E-state index is 3.73. The SMILES string of the molecule is C=C\C=C(\C=C/C)C(/C=C\C)=C\C=C/C.CC. The number of hydrogen-bond acceptors (Lipinski definition) is 0. The summed E-state index contributed by atoms with van der Waals surface area (Å²) >= 11 is 0. The zero-order chi connectivity index (χ0) is 13.5. The molecule has 0 N–H and O–H groups in total. The van der Waals surface area contributed by atoms with Crippen molar-refractivity contribution in [3.05, 3.63) is 72.4 Å². The molecular formula is C17H26. The molecule has 0 saturated heterocycles. The summed E-state index contributed by atoms with van der Waals surface area (Å²) in [7, 11) is 0. The largest absolute Gasteiger partial charge is 0.0990 e. The first-order valence-corrected chi connectivity index (χ1v) is 6.21. The molecule has 0 aromatic carbocycles. The van der Waals surface area contributed by atoms with E-state index < -0.39 is 0 Å². The van der Waals surface area contributed by atoms with Gasteiger partial charge in [0.25, 0.3) is 0 Å². The van der Waals surface area contributed by atoms with Gasteiger partial charge in [-0.05, 0) is 31.9 Å². The highest BCUT2D eigenvalue weighted by Gasteiger charge is 1.94. The Kier molecular flexibility index (Phi) is 15.1. The average Bonchev–Trinajstić information content (AvgIpc) is 2.37. The van der Waals surface area contributed by atoms with Crippen molar-refractivity contribution < 1.29 is 0 Å². The van der Waals surface area contributed by atoms with E-state index in [1.54, 1.807) is 0 Å². The Morgan fingerprint density at radius 3 is 1.59 bits per heavy atom. The van der Waals surface area contributed by atoms with E-state index in [4.69, 9.17) is 0 Å². The molecule has 17 heavy (non-hydrogen) atoms. The van der Waals surface area contributed by atoms with E-state index in [0.717, 1.165) is 0 Å².